The highest BCUT2D eigenvalue weighted by molar-refractivity contribution is 6.04. The molecule has 30 heavy (non-hydrogen) atoms. The fourth-order valence-electron chi connectivity index (χ4n) is 3.31. The largest absolute Gasteiger partial charge is 0.382 e. The molecule has 3 N–H and O–H groups in total. The summed E-state index contributed by atoms with van der Waals surface area (Å²) in [6.07, 6.45) is 2.48. The molecule has 1 aliphatic heterocycles. The Morgan fingerprint density at radius 2 is 2.00 bits per heavy atom. The van der Waals surface area contributed by atoms with Crippen molar-refractivity contribution in [3.8, 4) is 11.8 Å². The molecule has 0 aliphatic carbocycles. The lowest BCUT2D eigenvalue weighted by atomic mass is 10.2. The Kier molecular flexibility index (Phi) is 4.90. The molecule has 0 unspecified atom stereocenters. The average Bonchev–Trinajstić information content (AvgIpc) is 3.33. The number of carbonyl (C=O) groups excluding carboxylic acids is 2. The number of hydrogen-bond acceptors (Lipinski definition) is 5. The van der Waals surface area contributed by atoms with Crippen LogP contribution in [0.3, 0.4) is 0 Å². The molecule has 8 nitrogen and oxygen atoms in total. The van der Waals surface area contributed by atoms with Crippen LogP contribution in [-0.2, 0) is 4.79 Å². The zero-order valence-corrected chi connectivity index (χ0v) is 15.8. The first-order valence-corrected chi connectivity index (χ1v) is 9.23. The first-order valence-electron chi connectivity index (χ1n) is 9.23. The van der Waals surface area contributed by atoms with Gasteiger partial charge in [0.05, 0.1) is 17.6 Å². The van der Waals surface area contributed by atoms with Crippen LogP contribution in [0.1, 0.15) is 28.8 Å². The van der Waals surface area contributed by atoms with Crippen LogP contribution < -0.4 is 16.0 Å². The van der Waals surface area contributed by atoms with Crippen LogP contribution >= 0.6 is 0 Å². The second kappa shape index (κ2) is 7.67. The molecule has 0 atom stereocenters. The van der Waals surface area contributed by atoms with Crippen molar-refractivity contribution in [1.29, 1.82) is 5.26 Å². The number of rotatable bonds is 4. The van der Waals surface area contributed by atoms with Gasteiger partial charge < -0.3 is 16.0 Å². The van der Waals surface area contributed by atoms with Gasteiger partial charge in [-0.2, -0.15) is 10.4 Å². The number of benzene rings is 2. The van der Waals surface area contributed by atoms with Gasteiger partial charge >= 0.3 is 0 Å². The minimum Gasteiger partial charge on any atom is -0.382 e. The van der Waals surface area contributed by atoms with Crippen molar-refractivity contribution < 1.29 is 14.0 Å². The van der Waals surface area contributed by atoms with E-state index in [1.165, 1.54) is 27.9 Å². The summed E-state index contributed by atoms with van der Waals surface area (Å²) in [6.45, 7) is 0.491. The fraction of sp³-hybridized carbons (Fsp3) is 0.143. The van der Waals surface area contributed by atoms with Crippen LogP contribution in [0.2, 0.25) is 0 Å². The highest BCUT2D eigenvalue weighted by atomic mass is 19.1. The number of nitrogens with one attached hydrogen (secondary N) is 1. The van der Waals surface area contributed by atoms with Crippen molar-refractivity contribution in [3.05, 3.63) is 65.6 Å². The molecule has 0 spiro atoms. The van der Waals surface area contributed by atoms with E-state index in [1.807, 2.05) is 6.07 Å². The Bertz CT molecular complexity index is 1180. The van der Waals surface area contributed by atoms with Gasteiger partial charge in [0.15, 0.2) is 0 Å². The number of hydrogen-bond donors (Lipinski definition) is 2. The van der Waals surface area contributed by atoms with E-state index in [-0.39, 0.29) is 28.7 Å². The fourth-order valence-corrected chi connectivity index (χ4v) is 3.31. The smallest absolute Gasteiger partial charge is 0.255 e. The van der Waals surface area contributed by atoms with Gasteiger partial charge in [-0.15, -0.1) is 0 Å². The minimum atomic E-state index is -0.569. The number of aromatic nitrogens is 2. The molecule has 0 bridgehead atoms. The lowest BCUT2D eigenvalue weighted by Gasteiger charge is -2.17. The molecule has 2 amide bonds. The normalized spacial score (nSPS) is 13.3. The van der Waals surface area contributed by atoms with E-state index in [2.05, 4.69) is 10.4 Å². The molecule has 9 heteroatoms. The molecule has 2 aromatic carbocycles. The van der Waals surface area contributed by atoms with Crippen LogP contribution in [0.4, 0.5) is 21.6 Å². The van der Waals surface area contributed by atoms with Gasteiger partial charge in [0.1, 0.15) is 23.3 Å². The lowest BCUT2D eigenvalue weighted by Crippen LogP contribution is -2.24. The number of nitrogens with two attached hydrogens (primary N) is 1. The van der Waals surface area contributed by atoms with Crippen LogP contribution in [0.25, 0.3) is 5.69 Å². The Labute approximate surface area is 171 Å². The molecule has 3 aromatic rings. The summed E-state index contributed by atoms with van der Waals surface area (Å²) in [5.41, 5.74) is 7.57. The van der Waals surface area contributed by atoms with Gasteiger partial charge in [-0.1, -0.05) is 0 Å². The molecule has 0 saturated carbocycles. The quantitative estimate of drug-likeness (QED) is 0.693. The van der Waals surface area contributed by atoms with Crippen LogP contribution in [0.15, 0.2) is 48.7 Å². The van der Waals surface area contributed by atoms with E-state index >= 15 is 0 Å². The van der Waals surface area contributed by atoms with E-state index in [4.69, 9.17) is 11.0 Å². The van der Waals surface area contributed by atoms with Crippen LogP contribution in [0, 0.1) is 17.1 Å². The predicted octanol–water partition coefficient (Wildman–Crippen LogP) is 2.84. The number of nitrogen functional groups attached to an aromatic ring is 1. The second-order valence-electron chi connectivity index (χ2n) is 6.78. The molecule has 150 valence electrons. The molecule has 4 rings (SSSR count). The monoisotopic (exact) mass is 404 g/mol. The molecular weight excluding hydrogens is 387 g/mol. The summed E-state index contributed by atoms with van der Waals surface area (Å²) in [4.78, 5) is 25.7. The lowest BCUT2D eigenvalue weighted by molar-refractivity contribution is -0.117. The maximum absolute atomic E-state index is 14.4. The molecule has 1 fully saturated rings. The molecule has 1 saturated heterocycles. The van der Waals surface area contributed by atoms with Gasteiger partial charge in [-0.05, 0) is 48.9 Å². The van der Waals surface area contributed by atoms with Crippen LogP contribution in [-0.4, -0.2) is 28.1 Å². The molecule has 0 radical (unpaired) electrons. The Morgan fingerprint density at radius 3 is 2.60 bits per heavy atom. The minimum absolute atomic E-state index is 0.106. The summed E-state index contributed by atoms with van der Waals surface area (Å²) in [7, 11) is 0. The Balaban J connectivity index is 1.49. The standard InChI is InChI=1S/C21H17FN6O2/c22-17-10-15(5-8-18(17)27-9-1-2-19(27)29)26-21(30)13-3-6-16(7-4-13)28-20(24)14(11-23)12-25-28/h3-8,10,12H,1-2,9,24H2,(H,26,30). The van der Waals surface area contributed by atoms with Crippen LogP contribution in [0.5, 0.6) is 0 Å². The number of nitrogens with zero attached hydrogens (tertiary/aromatic N) is 4. The highest BCUT2D eigenvalue weighted by Gasteiger charge is 2.24. The van der Waals surface area contributed by atoms with Gasteiger partial charge in [-0.25, -0.2) is 9.07 Å². The predicted molar refractivity (Wildman–Crippen MR) is 109 cm³/mol. The van der Waals surface area contributed by atoms with Gasteiger partial charge in [0, 0.05) is 24.2 Å². The third-order valence-corrected chi connectivity index (χ3v) is 4.87. The zero-order chi connectivity index (χ0) is 21.3. The first kappa shape index (κ1) is 19.1. The zero-order valence-electron chi connectivity index (χ0n) is 15.8. The summed E-state index contributed by atoms with van der Waals surface area (Å²) < 4.78 is 15.8. The van der Waals surface area contributed by atoms with Crippen molar-refractivity contribution in [2.45, 2.75) is 12.8 Å². The number of anilines is 3. The van der Waals surface area contributed by atoms with E-state index in [1.54, 1.807) is 30.3 Å². The third kappa shape index (κ3) is 3.46. The van der Waals surface area contributed by atoms with Crippen molar-refractivity contribution in [2.75, 3.05) is 22.5 Å². The summed E-state index contributed by atoms with van der Waals surface area (Å²) >= 11 is 0. The van der Waals surface area contributed by atoms with Gasteiger partial charge in [0.25, 0.3) is 5.91 Å². The van der Waals surface area contributed by atoms with E-state index < -0.39 is 11.7 Å². The SMILES string of the molecule is N#Cc1cnn(-c2ccc(C(=O)Nc3ccc(N4CCCC4=O)c(F)c3)cc2)c1N. The molecule has 2 heterocycles. The van der Waals surface area contributed by atoms with Gasteiger partial charge in [0.2, 0.25) is 5.91 Å². The van der Waals surface area contributed by atoms with Gasteiger partial charge in [-0.3, -0.25) is 9.59 Å². The topological polar surface area (TPSA) is 117 Å². The molecule has 1 aliphatic rings. The summed E-state index contributed by atoms with van der Waals surface area (Å²) in [5.74, 6) is -0.884. The number of carbonyl (C=O) groups is 2. The third-order valence-electron chi connectivity index (χ3n) is 4.87. The maximum atomic E-state index is 14.4. The first-order chi connectivity index (χ1) is 14.5. The van der Waals surface area contributed by atoms with Crippen molar-refractivity contribution in [3.63, 3.8) is 0 Å². The summed E-state index contributed by atoms with van der Waals surface area (Å²) in [6, 6.07) is 12.6. The molecular formula is C21H17FN6O2. The number of amides is 2. The molecule has 1 aromatic heterocycles. The average molecular weight is 404 g/mol. The Morgan fingerprint density at radius 1 is 1.23 bits per heavy atom. The summed E-state index contributed by atoms with van der Waals surface area (Å²) in [5, 5.41) is 15.7. The van der Waals surface area contributed by atoms with Crippen molar-refractivity contribution in [2.24, 2.45) is 0 Å². The van der Waals surface area contributed by atoms with E-state index in [9.17, 15) is 14.0 Å². The van der Waals surface area contributed by atoms with Crippen molar-refractivity contribution in [1.82, 2.24) is 9.78 Å². The van der Waals surface area contributed by atoms with E-state index in [0.29, 0.717) is 30.6 Å². The number of halogens is 1. The second-order valence-corrected chi connectivity index (χ2v) is 6.78. The van der Waals surface area contributed by atoms with Crippen molar-refractivity contribution >= 4 is 29.0 Å². The Hall–Kier alpha value is -4.19. The maximum Gasteiger partial charge on any atom is 0.255 e. The van der Waals surface area contributed by atoms with E-state index in [0.717, 1.165) is 0 Å². The highest BCUT2D eigenvalue weighted by Crippen LogP contribution is 2.27. The number of nitriles is 1.